The van der Waals surface area contributed by atoms with E-state index in [1.54, 1.807) is 6.92 Å². The van der Waals surface area contributed by atoms with Crippen LogP contribution in [0.4, 0.5) is 4.39 Å². The average molecular weight is 170 g/mol. The highest BCUT2D eigenvalue weighted by atomic mass is 19.1. The molecule has 68 valence electrons. The molecule has 0 aromatic carbocycles. The molecule has 0 aromatic rings. The molecule has 0 rings (SSSR count). The van der Waals surface area contributed by atoms with Gasteiger partial charge in [-0.05, 0) is 24.5 Å². The Morgan fingerprint density at radius 3 is 2.33 bits per heavy atom. The van der Waals surface area contributed by atoms with Crippen molar-refractivity contribution in [3.63, 3.8) is 0 Å². The fourth-order valence-electron chi connectivity index (χ4n) is 0.582. The van der Waals surface area contributed by atoms with Crippen LogP contribution >= 0.6 is 0 Å². The van der Waals surface area contributed by atoms with Crippen LogP contribution in [0.3, 0.4) is 0 Å². The van der Waals surface area contributed by atoms with Crippen LogP contribution in [-0.4, -0.2) is 5.11 Å². The average Bonchev–Trinajstić information content (AvgIpc) is 2.02. The summed E-state index contributed by atoms with van der Waals surface area (Å²) < 4.78 is 13.0. The molecule has 2 heteroatoms. The SMILES string of the molecule is C=C(/C(F)=C\C(O)=C/C)C(C)C. The minimum absolute atomic E-state index is 0.0610. The normalized spacial score (nSPS) is 13.8. The first-order chi connectivity index (χ1) is 5.49. The Morgan fingerprint density at radius 2 is 2.00 bits per heavy atom. The summed E-state index contributed by atoms with van der Waals surface area (Å²) in [6.45, 7) is 8.90. The second kappa shape index (κ2) is 4.75. The smallest absolute Gasteiger partial charge is 0.129 e. The Bertz CT molecular complexity index is 224. The van der Waals surface area contributed by atoms with Gasteiger partial charge in [-0.25, -0.2) is 4.39 Å². The van der Waals surface area contributed by atoms with Gasteiger partial charge in [-0.1, -0.05) is 20.4 Å². The predicted octanol–water partition coefficient (Wildman–Crippen LogP) is 3.51. The van der Waals surface area contributed by atoms with Gasteiger partial charge in [-0.15, -0.1) is 0 Å². The van der Waals surface area contributed by atoms with Crippen molar-refractivity contribution in [2.24, 2.45) is 5.92 Å². The van der Waals surface area contributed by atoms with Crippen molar-refractivity contribution in [2.45, 2.75) is 20.8 Å². The van der Waals surface area contributed by atoms with Gasteiger partial charge in [0.25, 0.3) is 0 Å². The monoisotopic (exact) mass is 170 g/mol. The lowest BCUT2D eigenvalue weighted by molar-refractivity contribution is 0.427. The van der Waals surface area contributed by atoms with E-state index in [0.29, 0.717) is 5.57 Å². The molecule has 0 aliphatic carbocycles. The van der Waals surface area contributed by atoms with Gasteiger partial charge in [0.2, 0.25) is 0 Å². The second-order valence-electron chi connectivity index (χ2n) is 2.89. The molecule has 0 heterocycles. The topological polar surface area (TPSA) is 20.2 Å². The van der Waals surface area contributed by atoms with Gasteiger partial charge in [0.05, 0.1) is 0 Å². The third kappa shape index (κ3) is 3.37. The minimum Gasteiger partial charge on any atom is -0.508 e. The zero-order chi connectivity index (χ0) is 9.72. The van der Waals surface area contributed by atoms with E-state index in [0.717, 1.165) is 6.08 Å². The second-order valence-corrected chi connectivity index (χ2v) is 2.89. The number of hydrogen-bond donors (Lipinski definition) is 1. The summed E-state index contributed by atoms with van der Waals surface area (Å²) in [5.74, 6) is -0.471. The standard InChI is InChI=1S/C10H15FO/c1-5-9(12)6-10(11)8(4)7(2)3/h5-7,12H,4H2,1-3H3/b9-5+,10-6+. The number of allylic oxidation sites excluding steroid dienone is 4. The Hall–Kier alpha value is -1.05. The van der Waals surface area contributed by atoms with Crippen molar-refractivity contribution in [3.05, 3.63) is 35.9 Å². The van der Waals surface area contributed by atoms with Gasteiger partial charge < -0.3 is 5.11 Å². The maximum atomic E-state index is 13.0. The molecule has 0 saturated carbocycles. The largest absolute Gasteiger partial charge is 0.508 e. The molecule has 0 saturated heterocycles. The molecular weight excluding hydrogens is 155 g/mol. The molecule has 1 nitrogen and oxygen atoms in total. The summed E-state index contributed by atoms with van der Waals surface area (Å²) in [6, 6.07) is 0. The van der Waals surface area contributed by atoms with Crippen LogP contribution in [0.5, 0.6) is 0 Å². The number of rotatable bonds is 3. The first-order valence-electron chi connectivity index (χ1n) is 3.90. The van der Waals surface area contributed by atoms with E-state index in [1.807, 2.05) is 13.8 Å². The molecule has 0 aliphatic heterocycles. The Kier molecular flexibility index (Phi) is 4.34. The van der Waals surface area contributed by atoms with Gasteiger partial charge in [-0.2, -0.15) is 0 Å². The molecule has 1 N–H and O–H groups in total. The zero-order valence-electron chi connectivity index (χ0n) is 7.76. The summed E-state index contributed by atoms with van der Waals surface area (Å²) in [4.78, 5) is 0. The van der Waals surface area contributed by atoms with Gasteiger partial charge in [0.15, 0.2) is 0 Å². The Morgan fingerprint density at radius 1 is 1.50 bits per heavy atom. The number of aliphatic hydroxyl groups is 1. The van der Waals surface area contributed by atoms with Gasteiger partial charge in [0.1, 0.15) is 11.6 Å². The van der Waals surface area contributed by atoms with Crippen molar-refractivity contribution in [3.8, 4) is 0 Å². The van der Waals surface area contributed by atoms with Crippen LogP contribution in [0.2, 0.25) is 0 Å². The van der Waals surface area contributed by atoms with Crippen LogP contribution < -0.4 is 0 Å². The highest BCUT2D eigenvalue weighted by molar-refractivity contribution is 5.28. The van der Waals surface area contributed by atoms with E-state index in [2.05, 4.69) is 6.58 Å². The first kappa shape index (κ1) is 11.0. The predicted molar refractivity (Wildman–Crippen MR) is 49.6 cm³/mol. The molecule has 0 bridgehead atoms. The molecule has 0 unspecified atom stereocenters. The summed E-state index contributed by atoms with van der Waals surface area (Å²) >= 11 is 0. The Balaban J connectivity index is 4.49. The third-order valence-electron chi connectivity index (χ3n) is 1.57. The van der Waals surface area contributed by atoms with Crippen molar-refractivity contribution in [2.75, 3.05) is 0 Å². The maximum Gasteiger partial charge on any atom is 0.129 e. The molecule has 0 radical (unpaired) electrons. The van der Waals surface area contributed by atoms with E-state index in [9.17, 15) is 4.39 Å². The zero-order valence-corrected chi connectivity index (χ0v) is 7.76. The molecule has 0 amide bonds. The van der Waals surface area contributed by atoms with E-state index in [-0.39, 0.29) is 11.7 Å². The summed E-state index contributed by atoms with van der Waals surface area (Å²) in [5.41, 5.74) is 0.406. The van der Waals surface area contributed by atoms with E-state index < -0.39 is 5.83 Å². The Labute approximate surface area is 72.9 Å². The molecule has 0 fully saturated rings. The molecule has 0 aromatic heterocycles. The van der Waals surface area contributed by atoms with Gasteiger partial charge >= 0.3 is 0 Å². The maximum absolute atomic E-state index is 13.0. The van der Waals surface area contributed by atoms with Crippen LogP contribution in [0, 0.1) is 5.92 Å². The molecular formula is C10H15FO. The highest BCUT2D eigenvalue weighted by Crippen LogP contribution is 2.19. The van der Waals surface area contributed by atoms with E-state index in [4.69, 9.17) is 5.11 Å². The summed E-state index contributed by atoms with van der Waals surface area (Å²) in [7, 11) is 0. The minimum atomic E-state index is -0.458. The van der Waals surface area contributed by atoms with Crippen molar-refractivity contribution in [1.29, 1.82) is 0 Å². The third-order valence-corrected chi connectivity index (χ3v) is 1.57. The van der Waals surface area contributed by atoms with Crippen molar-refractivity contribution in [1.82, 2.24) is 0 Å². The lowest BCUT2D eigenvalue weighted by Crippen LogP contribution is -1.93. The number of hydrogen-bond acceptors (Lipinski definition) is 1. The highest BCUT2D eigenvalue weighted by Gasteiger charge is 2.05. The molecule has 0 spiro atoms. The fourth-order valence-corrected chi connectivity index (χ4v) is 0.582. The van der Waals surface area contributed by atoms with Crippen LogP contribution in [0.25, 0.3) is 0 Å². The fraction of sp³-hybridized carbons (Fsp3) is 0.400. The lowest BCUT2D eigenvalue weighted by atomic mass is 10.0. The summed E-state index contributed by atoms with van der Waals surface area (Å²) in [6.07, 6.45) is 2.50. The quantitative estimate of drug-likeness (QED) is 0.507. The van der Waals surface area contributed by atoms with Gasteiger partial charge in [0, 0.05) is 6.08 Å². The van der Waals surface area contributed by atoms with Crippen molar-refractivity contribution >= 4 is 0 Å². The van der Waals surface area contributed by atoms with Gasteiger partial charge in [-0.3, -0.25) is 0 Å². The van der Waals surface area contributed by atoms with Crippen LogP contribution in [-0.2, 0) is 0 Å². The van der Waals surface area contributed by atoms with E-state index in [1.165, 1.54) is 6.08 Å². The molecule has 12 heavy (non-hydrogen) atoms. The molecule has 0 aliphatic rings. The van der Waals surface area contributed by atoms with Crippen LogP contribution in [0.1, 0.15) is 20.8 Å². The van der Waals surface area contributed by atoms with E-state index >= 15 is 0 Å². The number of aliphatic hydroxyl groups excluding tert-OH is 1. The summed E-state index contributed by atoms with van der Waals surface area (Å²) in [5, 5.41) is 8.96. The number of halogens is 1. The molecule has 0 atom stereocenters. The van der Waals surface area contributed by atoms with Crippen molar-refractivity contribution < 1.29 is 9.50 Å². The lowest BCUT2D eigenvalue weighted by Gasteiger charge is -2.05. The first-order valence-corrected chi connectivity index (χ1v) is 3.90. The van der Waals surface area contributed by atoms with Crippen LogP contribution in [0.15, 0.2) is 35.9 Å².